The summed E-state index contributed by atoms with van der Waals surface area (Å²) >= 11 is 0.831. The number of nitrogens with zero attached hydrogens (tertiary/aromatic N) is 2. The van der Waals surface area contributed by atoms with Gasteiger partial charge in [-0.05, 0) is 47.7 Å². The van der Waals surface area contributed by atoms with E-state index in [9.17, 15) is 14.9 Å². The third-order valence-corrected chi connectivity index (χ3v) is 5.55. The van der Waals surface area contributed by atoms with Gasteiger partial charge in [0.05, 0.1) is 10.5 Å². The van der Waals surface area contributed by atoms with Gasteiger partial charge in [0.15, 0.2) is 0 Å². The zero-order valence-electron chi connectivity index (χ0n) is 16.4. The minimum Gasteiger partial charge on any atom is -0.456 e. The highest BCUT2D eigenvalue weighted by Gasteiger charge is 2.25. The minimum absolute atomic E-state index is 0.273. The number of nitriles is 1. The fraction of sp³-hybridized carbons (Fsp3) is 0. The number of pyridine rings is 1. The van der Waals surface area contributed by atoms with E-state index in [1.807, 2.05) is 18.2 Å². The lowest BCUT2D eigenvalue weighted by atomic mass is 10.1. The standard InChI is InChI=1S/C24H13N3O4S/c25-11-15-4-1-2-7-20(15)30-17-6-3-5-14(8-17)19-13-26-12-16-9-18(31-22(16)19)10-21-23(28)27-24(29)32-21/h1-10,12-13H,(H,27,28,29). The second kappa shape index (κ2) is 8.06. The van der Waals surface area contributed by atoms with Gasteiger partial charge in [-0.25, -0.2) is 0 Å². The lowest BCUT2D eigenvalue weighted by molar-refractivity contribution is -0.115. The van der Waals surface area contributed by atoms with Crippen LogP contribution in [-0.4, -0.2) is 16.1 Å². The molecule has 2 aromatic carbocycles. The Morgan fingerprint density at radius 1 is 1.09 bits per heavy atom. The number of imide groups is 1. The highest BCUT2D eigenvalue weighted by Crippen LogP contribution is 2.35. The molecule has 7 nitrogen and oxygen atoms in total. The Balaban J connectivity index is 1.51. The van der Waals surface area contributed by atoms with Crippen LogP contribution in [-0.2, 0) is 4.79 Å². The molecule has 3 heterocycles. The molecular formula is C24H13N3O4S. The van der Waals surface area contributed by atoms with Crippen LogP contribution in [0.2, 0.25) is 0 Å². The Labute approximate surface area is 186 Å². The number of carbonyl (C=O) groups excluding carboxylic acids is 2. The Kier molecular flexibility index (Phi) is 4.94. The number of rotatable bonds is 4. The van der Waals surface area contributed by atoms with Gasteiger partial charge in [0.25, 0.3) is 11.1 Å². The number of carbonyl (C=O) groups is 2. The fourth-order valence-electron chi connectivity index (χ4n) is 3.31. The first kappa shape index (κ1) is 19.6. The van der Waals surface area contributed by atoms with Crippen LogP contribution in [0.3, 0.4) is 0 Å². The average molecular weight is 439 g/mol. The summed E-state index contributed by atoms with van der Waals surface area (Å²) in [6.45, 7) is 0. The first-order valence-corrected chi connectivity index (χ1v) is 10.3. The van der Waals surface area contributed by atoms with Crippen molar-refractivity contribution in [3.05, 3.63) is 83.2 Å². The molecule has 0 spiro atoms. The molecule has 4 aromatic rings. The molecule has 0 radical (unpaired) electrons. The molecule has 5 rings (SSSR count). The lowest BCUT2D eigenvalue weighted by Gasteiger charge is -2.09. The Bertz CT molecular complexity index is 1470. The molecule has 0 unspecified atom stereocenters. The van der Waals surface area contributed by atoms with Crippen LogP contribution < -0.4 is 10.1 Å². The van der Waals surface area contributed by atoms with Gasteiger partial charge in [-0.15, -0.1) is 0 Å². The Morgan fingerprint density at radius 2 is 1.97 bits per heavy atom. The molecule has 0 aliphatic carbocycles. The van der Waals surface area contributed by atoms with Gasteiger partial charge in [0.2, 0.25) is 0 Å². The maximum absolute atomic E-state index is 11.8. The van der Waals surface area contributed by atoms with E-state index >= 15 is 0 Å². The monoisotopic (exact) mass is 439 g/mol. The van der Waals surface area contributed by atoms with Crippen LogP contribution in [0.15, 0.2) is 76.3 Å². The molecule has 2 aromatic heterocycles. The predicted molar refractivity (Wildman–Crippen MR) is 120 cm³/mol. The van der Waals surface area contributed by atoms with Crippen LogP contribution in [0.1, 0.15) is 11.3 Å². The van der Waals surface area contributed by atoms with E-state index in [1.165, 1.54) is 6.08 Å². The van der Waals surface area contributed by atoms with Crippen molar-refractivity contribution in [3.63, 3.8) is 0 Å². The third-order valence-electron chi connectivity index (χ3n) is 4.74. The normalized spacial score (nSPS) is 14.5. The first-order valence-electron chi connectivity index (χ1n) is 9.50. The maximum atomic E-state index is 11.8. The van der Waals surface area contributed by atoms with E-state index in [2.05, 4.69) is 16.4 Å². The predicted octanol–water partition coefficient (Wildman–Crippen LogP) is 5.48. The highest BCUT2D eigenvalue weighted by molar-refractivity contribution is 8.18. The van der Waals surface area contributed by atoms with Crippen LogP contribution in [0, 0.1) is 11.3 Å². The van der Waals surface area contributed by atoms with Crippen molar-refractivity contribution >= 4 is 40.0 Å². The molecule has 32 heavy (non-hydrogen) atoms. The molecule has 0 saturated carbocycles. The number of ether oxygens (including phenoxy) is 1. The van der Waals surface area contributed by atoms with E-state index in [4.69, 9.17) is 9.15 Å². The summed E-state index contributed by atoms with van der Waals surface area (Å²) in [6.07, 6.45) is 4.89. The highest BCUT2D eigenvalue weighted by atomic mass is 32.2. The number of para-hydroxylation sites is 1. The van der Waals surface area contributed by atoms with Gasteiger partial charge >= 0.3 is 0 Å². The molecule has 0 bridgehead atoms. The summed E-state index contributed by atoms with van der Waals surface area (Å²) in [4.78, 5) is 27.8. The third kappa shape index (κ3) is 3.73. The summed E-state index contributed by atoms with van der Waals surface area (Å²) in [6, 6.07) is 18.3. The van der Waals surface area contributed by atoms with E-state index in [-0.39, 0.29) is 4.91 Å². The van der Waals surface area contributed by atoms with Crippen molar-refractivity contribution in [1.82, 2.24) is 10.3 Å². The van der Waals surface area contributed by atoms with Crippen molar-refractivity contribution in [2.75, 3.05) is 0 Å². The number of amides is 2. The molecule has 1 fully saturated rings. The Morgan fingerprint density at radius 3 is 2.78 bits per heavy atom. The number of aromatic nitrogens is 1. The minimum atomic E-state index is -0.443. The van der Waals surface area contributed by atoms with Crippen molar-refractivity contribution in [3.8, 4) is 28.7 Å². The van der Waals surface area contributed by atoms with Crippen LogP contribution >= 0.6 is 11.8 Å². The summed E-state index contributed by atoms with van der Waals surface area (Å²) in [5.41, 5.74) is 2.59. The molecule has 1 N–H and O–H groups in total. The molecule has 8 heteroatoms. The quantitative estimate of drug-likeness (QED) is 0.420. The number of nitrogens with one attached hydrogen (secondary N) is 1. The zero-order chi connectivity index (χ0) is 22.1. The second-order valence-electron chi connectivity index (χ2n) is 6.84. The van der Waals surface area contributed by atoms with Gasteiger partial charge in [-0.2, -0.15) is 5.26 Å². The van der Waals surface area contributed by atoms with E-state index in [0.717, 1.165) is 28.3 Å². The van der Waals surface area contributed by atoms with Crippen molar-refractivity contribution in [1.29, 1.82) is 5.26 Å². The van der Waals surface area contributed by atoms with Crippen molar-refractivity contribution in [2.45, 2.75) is 0 Å². The lowest BCUT2D eigenvalue weighted by Crippen LogP contribution is -2.17. The summed E-state index contributed by atoms with van der Waals surface area (Å²) in [5, 5.41) is 11.9. The number of hydrogen-bond donors (Lipinski definition) is 1. The molecule has 2 amide bonds. The second-order valence-corrected chi connectivity index (χ2v) is 7.86. The fourth-order valence-corrected chi connectivity index (χ4v) is 3.97. The number of benzene rings is 2. The molecule has 1 aliphatic heterocycles. The van der Waals surface area contributed by atoms with Crippen LogP contribution in [0.4, 0.5) is 4.79 Å². The van der Waals surface area contributed by atoms with E-state index < -0.39 is 11.1 Å². The van der Waals surface area contributed by atoms with Crippen molar-refractivity contribution < 1.29 is 18.7 Å². The van der Waals surface area contributed by atoms with Crippen molar-refractivity contribution in [2.24, 2.45) is 0 Å². The average Bonchev–Trinajstić information content (AvgIpc) is 3.35. The van der Waals surface area contributed by atoms with E-state index in [1.54, 1.807) is 48.8 Å². The smallest absolute Gasteiger partial charge is 0.290 e. The molecule has 154 valence electrons. The molecular weight excluding hydrogens is 426 g/mol. The largest absolute Gasteiger partial charge is 0.456 e. The number of hydrogen-bond acceptors (Lipinski definition) is 7. The molecule has 0 atom stereocenters. The van der Waals surface area contributed by atoms with E-state index in [0.29, 0.717) is 28.4 Å². The van der Waals surface area contributed by atoms with Gasteiger partial charge in [-0.3, -0.25) is 19.9 Å². The first-order chi connectivity index (χ1) is 15.6. The van der Waals surface area contributed by atoms with Gasteiger partial charge in [0.1, 0.15) is 28.9 Å². The number of thioether (sulfide) groups is 1. The topological polar surface area (TPSA) is 105 Å². The molecule has 1 saturated heterocycles. The molecule has 1 aliphatic rings. The summed E-state index contributed by atoms with van der Waals surface area (Å²) in [5.74, 6) is 1.03. The number of furan rings is 1. The summed E-state index contributed by atoms with van der Waals surface area (Å²) in [7, 11) is 0. The van der Waals surface area contributed by atoms with Crippen LogP contribution in [0.25, 0.3) is 28.2 Å². The van der Waals surface area contributed by atoms with Gasteiger partial charge < -0.3 is 9.15 Å². The zero-order valence-corrected chi connectivity index (χ0v) is 17.2. The SMILES string of the molecule is N#Cc1ccccc1Oc1cccc(-c2cncc3cc(C=C4SC(=O)NC4=O)oc23)c1. The Hall–Kier alpha value is -4.35. The number of fused-ring (bicyclic) bond motifs is 1. The summed E-state index contributed by atoms with van der Waals surface area (Å²) < 4.78 is 11.9. The van der Waals surface area contributed by atoms with Crippen LogP contribution in [0.5, 0.6) is 11.5 Å². The van der Waals surface area contributed by atoms with Gasteiger partial charge in [-0.1, -0.05) is 24.3 Å². The van der Waals surface area contributed by atoms with Gasteiger partial charge in [0, 0.05) is 29.4 Å². The maximum Gasteiger partial charge on any atom is 0.290 e.